The van der Waals surface area contributed by atoms with Crippen LogP contribution in [0.1, 0.15) is 25.7 Å². The van der Waals surface area contributed by atoms with E-state index in [1.165, 1.54) is 12.3 Å². The van der Waals surface area contributed by atoms with Crippen LogP contribution in [0.15, 0.2) is 23.4 Å². The first-order valence-electron chi connectivity index (χ1n) is 5.90. The molecule has 1 saturated carbocycles. The smallest absolute Gasteiger partial charge is 0.260 e. The maximum absolute atomic E-state index is 12.1. The van der Waals surface area contributed by atoms with E-state index in [1.807, 2.05) is 0 Å². The van der Waals surface area contributed by atoms with Crippen molar-refractivity contribution in [3.63, 3.8) is 0 Å². The summed E-state index contributed by atoms with van der Waals surface area (Å²) in [6.07, 6.45) is 3.58. The van der Waals surface area contributed by atoms with Crippen molar-refractivity contribution in [1.82, 2.24) is 9.71 Å². The third-order valence-corrected chi connectivity index (χ3v) is 4.57. The van der Waals surface area contributed by atoms with Crippen LogP contribution in [0.5, 0.6) is 0 Å². The molecule has 0 saturated heterocycles. The Morgan fingerprint density at radius 3 is 2.61 bits per heavy atom. The lowest BCUT2D eigenvalue weighted by molar-refractivity contribution is 0.120. The van der Waals surface area contributed by atoms with Gasteiger partial charge in [0.1, 0.15) is 0 Å². The molecule has 1 aromatic heterocycles. The van der Waals surface area contributed by atoms with Crippen molar-refractivity contribution in [2.45, 2.75) is 42.9 Å². The van der Waals surface area contributed by atoms with Gasteiger partial charge in [0.2, 0.25) is 0 Å². The van der Waals surface area contributed by atoms with E-state index < -0.39 is 10.0 Å². The van der Waals surface area contributed by atoms with Crippen molar-refractivity contribution in [3.8, 4) is 0 Å². The zero-order valence-corrected chi connectivity index (χ0v) is 10.7. The lowest BCUT2D eigenvalue weighted by Crippen LogP contribution is -2.39. The molecule has 1 heterocycles. The largest absolute Gasteiger partial charge is 0.396 e. The molecule has 4 N–H and O–H groups in total. The number of nitrogens with zero attached hydrogens (tertiary/aromatic N) is 1. The first-order chi connectivity index (χ1) is 8.49. The average Bonchev–Trinajstić information content (AvgIpc) is 2.32. The molecule has 0 aliphatic heterocycles. The maximum atomic E-state index is 12.1. The summed E-state index contributed by atoms with van der Waals surface area (Å²) in [5.74, 6) is 0. The molecule has 1 aromatic rings. The standard InChI is InChI=1S/C11H17N3O3S/c12-10-2-1-7-13-11(10)18(16,17)14-8-3-5-9(15)6-4-8/h1-2,7-9,14-15H,3-6,12H2. The number of anilines is 1. The number of hydrogen-bond acceptors (Lipinski definition) is 5. The first kappa shape index (κ1) is 13.3. The summed E-state index contributed by atoms with van der Waals surface area (Å²) in [6, 6.07) is 2.94. The molecular weight excluding hydrogens is 254 g/mol. The molecule has 6 nitrogen and oxygen atoms in total. The molecule has 0 aromatic carbocycles. The number of nitrogen functional groups attached to an aromatic ring is 1. The Morgan fingerprint density at radius 1 is 1.33 bits per heavy atom. The maximum Gasteiger partial charge on any atom is 0.260 e. The number of rotatable bonds is 3. The minimum absolute atomic E-state index is 0.129. The molecule has 0 amide bonds. The van der Waals surface area contributed by atoms with E-state index >= 15 is 0 Å². The molecular formula is C11H17N3O3S. The Morgan fingerprint density at radius 2 is 2.00 bits per heavy atom. The number of nitrogens with two attached hydrogens (primary N) is 1. The molecule has 100 valence electrons. The van der Waals surface area contributed by atoms with Gasteiger partial charge in [-0.05, 0) is 37.8 Å². The number of sulfonamides is 1. The second-order valence-corrected chi connectivity index (χ2v) is 6.15. The summed E-state index contributed by atoms with van der Waals surface area (Å²) in [7, 11) is -3.68. The monoisotopic (exact) mass is 271 g/mol. The Hall–Kier alpha value is -1.18. The van der Waals surface area contributed by atoms with Gasteiger partial charge in [0.15, 0.2) is 5.03 Å². The van der Waals surface area contributed by atoms with Crippen molar-refractivity contribution < 1.29 is 13.5 Å². The Bertz CT molecular complexity index is 510. The average molecular weight is 271 g/mol. The van der Waals surface area contributed by atoms with Crippen molar-refractivity contribution >= 4 is 15.7 Å². The lowest BCUT2D eigenvalue weighted by atomic mass is 9.94. The summed E-state index contributed by atoms with van der Waals surface area (Å²) in [5.41, 5.74) is 5.75. The van der Waals surface area contributed by atoms with Gasteiger partial charge in [0, 0.05) is 12.2 Å². The van der Waals surface area contributed by atoms with Gasteiger partial charge in [-0.1, -0.05) is 0 Å². The van der Waals surface area contributed by atoms with Crippen LogP contribution in [0.4, 0.5) is 5.69 Å². The molecule has 7 heteroatoms. The van der Waals surface area contributed by atoms with Gasteiger partial charge >= 0.3 is 0 Å². The van der Waals surface area contributed by atoms with Gasteiger partial charge in [-0.3, -0.25) is 0 Å². The minimum Gasteiger partial charge on any atom is -0.396 e. The number of nitrogens with one attached hydrogen (secondary N) is 1. The number of hydrogen-bond donors (Lipinski definition) is 3. The van der Waals surface area contributed by atoms with Crippen LogP contribution in [0, 0.1) is 0 Å². The molecule has 18 heavy (non-hydrogen) atoms. The van der Waals surface area contributed by atoms with Gasteiger partial charge in [0.25, 0.3) is 10.0 Å². The van der Waals surface area contributed by atoms with Crippen LogP contribution in [0.2, 0.25) is 0 Å². The molecule has 1 aliphatic rings. The van der Waals surface area contributed by atoms with Gasteiger partial charge in [-0.15, -0.1) is 0 Å². The first-order valence-corrected chi connectivity index (χ1v) is 7.38. The second-order valence-electron chi connectivity index (χ2n) is 4.52. The van der Waals surface area contributed by atoms with Gasteiger partial charge in [-0.2, -0.15) is 0 Å². The van der Waals surface area contributed by atoms with Gasteiger partial charge in [-0.25, -0.2) is 18.1 Å². The van der Waals surface area contributed by atoms with E-state index in [-0.39, 0.29) is 22.9 Å². The molecule has 0 bridgehead atoms. The van der Waals surface area contributed by atoms with Gasteiger partial charge in [0.05, 0.1) is 11.8 Å². The fourth-order valence-electron chi connectivity index (χ4n) is 2.10. The predicted octanol–water partition coefficient (Wildman–Crippen LogP) is 0.246. The second kappa shape index (κ2) is 5.21. The zero-order valence-electron chi connectivity index (χ0n) is 9.91. The van der Waals surface area contributed by atoms with E-state index in [9.17, 15) is 13.5 Å². The van der Waals surface area contributed by atoms with Crippen molar-refractivity contribution in [2.24, 2.45) is 0 Å². The SMILES string of the molecule is Nc1cccnc1S(=O)(=O)NC1CCC(O)CC1. The van der Waals surface area contributed by atoms with Crippen LogP contribution >= 0.6 is 0 Å². The summed E-state index contributed by atoms with van der Waals surface area (Å²) in [4.78, 5) is 3.81. The summed E-state index contributed by atoms with van der Waals surface area (Å²) in [5, 5.41) is 9.25. The molecule has 0 unspecified atom stereocenters. The highest BCUT2D eigenvalue weighted by Gasteiger charge is 2.26. The summed E-state index contributed by atoms with van der Waals surface area (Å²) in [6.45, 7) is 0. The van der Waals surface area contributed by atoms with E-state index in [4.69, 9.17) is 5.73 Å². The highest BCUT2D eigenvalue weighted by atomic mass is 32.2. The third kappa shape index (κ3) is 2.98. The number of aliphatic hydroxyl groups excluding tert-OH is 1. The summed E-state index contributed by atoms with van der Waals surface area (Å²) >= 11 is 0. The van der Waals surface area contributed by atoms with E-state index in [0.717, 1.165) is 0 Å². The van der Waals surface area contributed by atoms with Crippen LogP contribution in [-0.4, -0.2) is 30.7 Å². The normalized spacial score (nSPS) is 24.9. The highest BCUT2D eigenvalue weighted by molar-refractivity contribution is 7.89. The topological polar surface area (TPSA) is 105 Å². The number of aliphatic hydroxyl groups is 1. The van der Waals surface area contributed by atoms with Crippen molar-refractivity contribution in [3.05, 3.63) is 18.3 Å². The Labute approximate surface area is 106 Å². The summed E-state index contributed by atoms with van der Waals surface area (Å²) < 4.78 is 26.8. The molecule has 2 rings (SSSR count). The van der Waals surface area contributed by atoms with Crippen LogP contribution in [0.25, 0.3) is 0 Å². The fourth-order valence-corrected chi connectivity index (χ4v) is 3.46. The fraction of sp³-hybridized carbons (Fsp3) is 0.545. The van der Waals surface area contributed by atoms with E-state index in [1.54, 1.807) is 6.07 Å². The van der Waals surface area contributed by atoms with Crippen molar-refractivity contribution in [1.29, 1.82) is 0 Å². The van der Waals surface area contributed by atoms with Gasteiger partial charge < -0.3 is 10.8 Å². The highest BCUT2D eigenvalue weighted by Crippen LogP contribution is 2.21. The molecule has 1 fully saturated rings. The van der Waals surface area contributed by atoms with Crippen LogP contribution in [-0.2, 0) is 10.0 Å². The van der Waals surface area contributed by atoms with Crippen LogP contribution in [0.3, 0.4) is 0 Å². The minimum atomic E-state index is -3.68. The Balaban J connectivity index is 2.11. The number of aromatic nitrogens is 1. The quantitative estimate of drug-likeness (QED) is 0.730. The molecule has 1 aliphatic carbocycles. The Kier molecular flexibility index (Phi) is 3.84. The third-order valence-electron chi connectivity index (χ3n) is 3.07. The van der Waals surface area contributed by atoms with E-state index in [2.05, 4.69) is 9.71 Å². The molecule has 0 spiro atoms. The van der Waals surface area contributed by atoms with Crippen molar-refractivity contribution in [2.75, 3.05) is 5.73 Å². The molecule has 0 atom stereocenters. The van der Waals surface area contributed by atoms with E-state index in [0.29, 0.717) is 25.7 Å². The lowest BCUT2D eigenvalue weighted by Gasteiger charge is -2.25. The van der Waals surface area contributed by atoms with Crippen LogP contribution < -0.4 is 10.5 Å². The number of pyridine rings is 1. The predicted molar refractivity (Wildman–Crippen MR) is 67.2 cm³/mol. The zero-order chi connectivity index (χ0) is 13.2. The molecule has 0 radical (unpaired) electrons.